The van der Waals surface area contributed by atoms with Crippen molar-refractivity contribution in [1.29, 1.82) is 0 Å². The third-order valence-corrected chi connectivity index (χ3v) is 4.78. The van der Waals surface area contributed by atoms with E-state index >= 15 is 0 Å². The summed E-state index contributed by atoms with van der Waals surface area (Å²) < 4.78 is 31.0. The van der Waals surface area contributed by atoms with Gasteiger partial charge in [0.1, 0.15) is 23.3 Å². The quantitative estimate of drug-likeness (QED) is 0.186. The van der Waals surface area contributed by atoms with Gasteiger partial charge in [0, 0.05) is 6.54 Å². The van der Waals surface area contributed by atoms with Crippen LogP contribution in [0.2, 0.25) is 0 Å². The minimum Gasteiger partial charge on any atom is -0.480 e. The number of hydrogen-bond donors (Lipinski definition) is 2. The molecule has 0 amide bonds. The maximum Gasteiger partial charge on any atom is 0.514 e. The highest BCUT2D eigenvalue weighted by Gasteiger charge is 2.25. The molecule has 2 atom stereocenters. The summed E-state index contributed by atoms with van der Waals surface area (Å²) in [5, 5.41) is 12.6. The van der Waals surface area contributed by atoms with Gasteiger partial charge in [0.2, 0.25) is 0 Å². The van der Waals surface area contributed by atoms with Crippen molar-refractivity contribution < 1.29 is 52.7 Å². The summed E-state index contributed by atoms with van der Waals surface area (Å²) in [5.41, 5.74) is -1.23. The molecule has 1 unspecified atom stereocenters. The molecule has 0 aromatic heterocycles. The van der Waals surface area contributed by atoms with E-state index in [-0.39, 0.29) is 31.1 Å². The average molecular weight is 570 g/mol. The van der Waals surface area contributed by atoms with Gasteiger partial charge in [-0.15, -0.1) is 0 Å². The lowest BCUT2D eigenvalue weighted by atomic mass is 10.0. The monoisotopic (exact) mass is 569 g/mol. The van der Waals surface area contributed by atoms with Crippen LogP contribution in [0.1, 0.15) is 74.3 Å². The highest BCUT2D eigenvalue weighted by atomic mass is 16.8. The molecule has 2 N–H and O–H groups in total. The fourth-order valence-electron chi connectivity index (χ4n) is 2.97. The molecule has 1 aromatic carbocycles. The normalized spacial score (nSPS) is 13.2. The molecule has 40 heavy (non-hydrogen) atoms. The number of carbonyl (C=O) groups excluding carboxylic acids is 3. The third-order valence-electron chi connectivity index (χ3n) is 4.78. The summed E-state index contributed by atoms with van der Waals surface area (Å²) in [4.78, 5) is 48.3. The minimum atomic E-state index is -1.16. The van der Waals surface area contributed by atoms with Gasteiger partial charge in [-0.2, -0.15) is 0 Å². The van der Waals surface area contributed by atoms with Crippen LogP contribution < -0.4 is 14.8 Å². The zero-order chi connectivity index (χ0) is 30.7. The van der Waals surface area contributed by atoms with Gasteiger partial charge in [0.05, 0.1) is 6.61 Å². The first kappa shape index (κ1) is 34.5. The van der Waals surface area contributed by atoms with Gasteiger partial charge in [-0.3, -0.25) is 4.79 Å². The molecule has 0 aliphatic carbocycles. The first-order valence-electron chi connectivity index (χ1n) is 13.1. The van der Waals surface area contributed by atoms with E-state index in [9.17, 15) is 24.3 Å². The molecule has 0 bridgehead atoms. The van der Waals surface area contributed by atoms with E-state index in [0.29, 0.717) is 17.9 Å². The minimum absolute atomic E-state index is 0.0390. The maximum absolute atomic E-state index is 12.3. The summed E-state index contributed by atoms with van der Waals surface area (Å²) in [6.07, 6.45) is -2.90. The molecule has 0 aliphatic heterocycles. The largest absolute Gasteiger partial charge is 0.514 e. The molecular formula is C28H43NO11. The second-order valence-electron chi connectivity index (χ2n) is 11.6. The standard InChI is InChI=1S/C28H43NO11/c1-17(2)12-13-35-24(32)36-18(3)16-29-20(23(30)31)14-19-10-11-21(37-25(33)39-27(4,5)6)22(15-19)38-26(34)40-28(7,8)9/h10-11,15,17-18,20,29H,12-14,16H2,1-9H3,(H,30,31)/t18?,20-/m0/s1. The fraction of sp³-hybridized carbons (Fsp3) is 0.643. The summed E-state index contributed by atoms with van der Waals surface area (Å²) in [6.45, 7) is 15.8. The topological polar surface area (TPSA) is 156 Å². The zero-order valence-corrected chi connectivity index (χ0v) is 24.8. The second kappa shape index (κ2) is 15.3. The number of nitrogens with one attached hydrogen (secondary N) is 1. The fourth-order valence-corrected chi connectivity index (χ4v) is 2.97. The molecule has 12 nitrogen and oxygen atoms in total. The van der Waals surface area contributed by atoms with Crippen LogP contribution in [0.25, 0.3) is 0 Å². The number of rotatable bonds is 12. The summed E-state index contributed by atoms with van der Waals surface area (Å²) in [5.74, 6) is -1.07. The van der Waals surface area contributed by atoms with Crippen molar-refractivity contribution in [3.05, 3.63) is 23.8 Å². The second-order valence-corrected chi connectivity index (χ2v) is 11.6. The van der Waals surface area contributed by atoms with Crippen molar-refractivity contribution in [1.82, 2.24) is 5.32 Å². The Balaban J connectivity index is 2.97. The number of ether oxygens (including phenoxy) is 6. The van der Waals surface area contributed by atoms with Crippen LogP contribution in [-0.4, -0.2) is 66.0 Å². The number of benzene rings is 1. The average Bonchev–Trinajstić information content (AvgIpc) is 2.75. The molecular weight excluding hydrogens is 526 g/mol. The van der Waals surface area contributed by atoms with Crippen molar-refractivity contribution >= 4 is 24.4 Å². The Morgan fingerprint density at radius 1 is 0.850 bits per heavy atom. The molecule has 1 aromatic rings. The smallest absolute Gasteiger partial charge is 0.480 e. The number of carbonyl (C=O) groups is 4. The number of carboxylic acid groups (broad SMARTS) is 1. The highest BCUT2D eigenvalue weighted by Crippen LogP contribution is 2.31. The molecule has 0 fully saturated rings. The third kappa shape index (κ3) is 15.2. The van der Waals surface area contributed by atoms with E-state index < -0.39 is 47.8 Å². The number of carboxylic acids is 1. The van der Waals surface area contributed by atoms with Gasteiger partial charge in [0.15, 0.2) is 11.5 Å². The van der Waals surface area contributed by atoms with Crippen LogP contribution in [0, 0.1) is 5.92 Å². The van der Waals surface area contributed by atoms with Crippen LogP contribution in [0.5, 0.6) is 11.5 Å². The summed E-state index contributed by atoms with van der Waals surface area (Å²) in [7, 11) is 0. The molecule has 0 saturated heterocycles. The predicted molar refractivity (Wildman–Crippen MR) is 145 cm³/mol. The molecule has 0 aliphatic rings. The molecule has 1 rings (SSSR count). The SMILES string of the molecule is CC(C)CCOC(=O)OC(C)CN[C@@H](Cc1ccc(OC(=O)OC(C)(C)C)c(OC(=O)OC(C)(C)C)c1)C(=O)O. The summed E-state index contributed by atoms with van der Waals surface area (Å²) >= 11 is 0. The van der Waals surface area contributed by atoms with E-state index in [4.69, 9.17) is 28.4 Å². The lowest BCUT2D eigenvalue weighted by molar-refractivity contribution is -0.139. The Morgan fingerprint density at radius 3 is 1.90 bits per heavy atom. The van der Waals surface area contributed by atoms with Crippen molar-refractivity contribution in [3.8, 4) is 11.5 Å². The van der Waals surface area contributed by atoms with Crippen LogP contribution in [-0.2, 0) is 30.2 Å². The van der Waals surface area contributed by atoms with E-state index in [1.807, 2.05) is 13.8 Å². The number of hydrogen-bond acceptors (Lipinski definition) is 11. The van der Waals surface area contributed by atoms with E-state index in [2.05, 4.69) is 5.32 Å². The molecule has 0 heterocycles. The van der Waals surface area contributed by atoms with E-state index in [1.54, 1.807) is 48.5 Å². The van der Waals surface area contributed by atoms with Gasteiger partial charge in [-0.1, -0.05) is 19.9 Å². The first-order chi connectivity index (χ1) is 18.3. The molecule has 0 spiro atoms. The Hall–Kier alpha value is -3.54. The Morgan fingerprint density at radius 2 is 1.40 bits per heavy atom. The van der Waals surface area contributed by atoms with Crippen LogP contribution >= 0.6 is 0 Å². The molecule has 0 radical (unpaired) electrons. The van der Waals surface area contributed by atoms with E-state index in [0.717, 1.165) is 0 Å². The Labute approximate surface area is 235 Å². The molecule has 12 heteroatoms. The van der Waals surface area contributed by atoms with Crippen molar-refractivity contribution in [2.75, 3.05) is 13.2 Å². The number of aliphatic carboxylic acids is 1. The van der Waals surface area contributed by atoms with Crippen LogP contribution in [0.15, 0.2) is 18.2 Å². The summed E-state index contributed by atoms with van der Waals surface area (Å²) in [6, 6.07) is 3.16. The van der Waals surface area contributed by atoms with Crippen molar-refractivity contribution in [3.63, 3.8) is 0 Å². The van der Waals surface area contributed by atoms with Gasteiger partial charge >= 0.3 is 24.4 Å². The molecule has 0 saturated carbocycles. The van der Waals surface area contributed by atoms with Crippen molar-refractivity contribution in [2.24, 2.45) is 5.92 Å². The maximum atomic E-state index is 12.3. The Kier molecular flexibility index (Phi) is 13.2. The lowest BCUT2D eigenvalue weighted by Crippen LogP contribution is -2.42. The van der Waals surface area contributed by atoms with Gasteiger partial charge < -0.3 is 38.8 Å². The van der Waals surface area contributed by atoms with Gasteiger partial charge in [0.25, 0.3) is 0 Å². The van der Waals surface area contributed by atoms with Crippen LogP contribution in [0.4, 0.5) is 14.4 Å². The van der Waals surface area contributed by atoms with Gasteiger partial charge in [-0.25, -0.2) is 14.4 Å². The Bertz CT molecular complexity index is 1010. The van der Waals surface area contributed by atoms with E-state index in [1.165, 1.54) is 18.2 Å². The molecule has 226 valence electrons. The zero-order valence-electron chi connectivity index (χ0n) is 24.8. The van der Waals surface area contributed by atoms with Gasteiger partial charge in [-0.05, 0) is 84.9 Å². The van der Waals surface area contributed by atoms with Crippen molar-refractivity contribution in [2.45, 2.75) is 98.5 Å². The first-order valence-corrected chi connectivity index (χ1v) is 13.1. The highest BCUT2D eigenvalue weighted by molar-refractivity contribution is 5.74. The lowest BCUT2D eigenvalue weighted by Gasteiger charge is -2.21. The van der Waals surface area contributed by atoms with Crippen LogP contribution in [0.3, 0.4) is 0 Å². The predicted octanol–water partition coefficient (Wildman–Crippen LogP) is 5.49.